The average molecular weight is 220 g/mol. The Morgan fingerprint density at radius 3 is 2.62 bits per heavy atom. The second-order valence-electron chi connectivity index (χ2n) is 5.30. The predicted molar refractivity (Wildman–Crippen MR) is 63.8 cm³/mol. The summed E-state index contributed by atoms with van der Waals surface area (Å²) in [4.78, 5) is 11.7. The number of hydrogen-bond donors (Lipinski definition) is 0. The topological polar surface area (TPSA) is 26.3 Å². The summed E-state index contributed by atoms with van der Waals surface area (Å²) in [7, 11) is 1.46. The lowest BCUT2D eigenvalue weighted by molar-refractivity contribution is -0.137. The van der Waals surface area contributed by atoms with E-state index in [1.165, 1.54) is 19.1 Å². The summed E-state index contributed by atoms with van der Waals surface area (Å²) in [5.74, 6) is 1.78. The number of carbonyl (C=O) groups is 1. The zero-order valence-corrected chi connectivity index (χ0v) is 10.5. The maximum Gasteiger partial charge on any atom is 0.334 e. The van der Waals surface area contributed by atoms with E-state index < -0.39 is 0 Å². The first-order valence-electron chi connectivity index (χ1n) is 6.03. The van der Waals surface area contributed by atoms with E-state index in [9.17, 15) is 4.79 Å². The molecule has 0 aromatic carbocycles. The largest absolute Gasteiger partial charge is 0.466 e. The van der Waals surface area contributed by atoms with Gasteiger partial charge in [-0.25, -0.2) is 4.79 Å². The highest BCUT2D eigenvalue weighted by Crippen LogP contribution is 2.46. The molecule has 0 heterocycles. The van der Waals surface area contributed by atoms with Crippen molar-refractivity contribution in [2.75, 3.05) is 7.11 Å². The zero-order valence-electron chi connectivity index (χ0n) is 10.5. The van der Waals surface area contributed by atoms with Gasteiger partial charge in [-0.1, -0.05) is 31.6 Å². The summed E-state index contributed by atoms with van der Waals surface area (Å²) < 4.78 is 4.87. The van der Waals surface area contributed by atoms with Gasteiger partial charge in [0.1, 0.15) is 0 Å². The Balaban J connectivity index is 2.32. The van der Waals surface area contributed by atoms with Gasteiger partial charge in [0.2, 0.25) is 0 Å². The van der Waals surface area contributed by atoms with Crippen LogP contribution in [0.25, 0.3) is 0 Å². The molecule has 0 saturated carbocycles. The second-order valence-corrected chi connectivity index (χ2v) is 5.30. The van der Waals surface area contributed by atoms with Crippen LogP contribution in [-0.4, -0.2) is 13.1 Å². The third-order valence-corrected chi connectivity index (χ3v) is 4.03. The van der Waals surface area contributed by atoms with Crippen molar-refractivity contribution in [3.8, 4) is 0 Å². The molecule has 0 radical (unpaired) electrons. The molecule has 0 aromatic heterocycles. The Labute approximate surface area is 97.4 Å². The number of hydrogen-bond acceptors (Lipinski definition) is 2. The summed E-state index contributed by atoms with van der Waals surface area (Å²) >= 11 is 0. The average Bonchev–Trinajstić information content (AvgIpc) is 2.27. The SMILES string of the molecule is COC(=O)C1=C[C@@H]2CC(C(C)C)C1C=C2C. The van der Waals surface area contributed by atoms with E-state index in [4.69, 9.17) is 4.74 Å². The molecule has 16 heavy (non-hydrogen) atoms. The fourth-order valence-corrected chi connectivity index (χ4v) is 3.01. The Bertz CT molecular complexity index is 363. The van der Waals surface area contributed by atoms with Gasteiger partial charge in [-0.05, 0) is 31.1 Å². The first kappa shape index (κ1) is 11.4. The molecule has 0 N–H and O–H groups in total. The van der Waals surface area contributed by atoms with E-state index in [2.05, 4.69) is 32.9 Å². The van der Waals surface area contributed by atoms with Gasteiger partial charge in [0.15, 0.2) is 0 Å². The molecular formula is C14H20O2. The van der Waals surface area contributed by atoms with Crippen LogP contribution >= 0.6 is 0 Å². The van der Waals surface area contributed by atoms with Crippen molar-refractivity contribution < 1.29 is 9.53 Å². The summed E-state index contributed by atoms with van der Waals surface area (Å²) in [5, 5.41) is 0. The Hall–Kier alpha value is -1.05. The van der Waals surface area contributed by atoms with Gasteiger partial charge in [-0.3, -0.25) is 0 Å². The lowest BCUT2D eigenvalue weighted by atomic mass is 9.63. The van der Waals surface area contributed by atoms with Crippen LogP contribution in [-0.2, 0) is 9.53 Å². The normalized spacial score (nSPS) is 32.4. The molecule has 0 amide bonds. The maximum absolute atomic E-state index is 11.7. The van der Waals surface area contributed by atoms with Crippen molar-refractivity contribution in [1.29, 1.82) is 0 Å². The van der Waals surface area contributed by atoms with E-state index in [1.807, 2.05) is 0 Å². The molecule has 0 saturated heterocycles. The summed E-state index contributed by atoms with van der Waals surface area (Å²) in [6.07, 6.45) is 5.57. The molecule has 3 aliphatic carbocycles. The summed E-state index contributed by atoms with van der Waals surface area (Å²) in [6.45, 7) is 6.64. The molecule has 0 spiro atoms. The minimum Gasteiger partial charge on any atom is -0.466 e. The highest BCUT2D eigenvalue weighted by atomic mass is 16.5. The maximum atomic E-state index is 11.7. The third kappa shape index (κ3) is 1.70. The molecule has 3 aliphatic rings. The van der Waals surface area contributed by atoms with E-state index in [-0.39, 0.29) is 11.9 Å². The van der Waals surface area contributed by atoms with Crippen molar-refractivity contribution in [2.24, 2.45) is 23.7 Å². The Morgan fingerprint density at radius 2 is 2.12 bits per heavy atom. The highest BCUT2D eigenvalue weighted by Gasteiger charge is 2.39. The summed E-state index contributed by atoms with van der Waals surface area (Å²) in [6, 6.07) is 0. The Kier molecular flexibility index (Phi) is 2.92. The van der Waals surface area contributed by atoms with Gasteiger partial charge in [-0.15, -0.1) is 0 Å². The number of ether oxygens (including phenoxy) is 1. The van der Waals surface area contributed by atoms with Crippen LogP contribution < -0.4 is 0 Å². The smallest absolute Gasteiger partial charge is 0.334 e. The van der Waals surface area contributed by atoms with E-state index in [0.29, 0.717) is 17.8 Å². The molecular weight excluding hydrogens is 200 g/mol. The molecule has 2 unspecified atom stereocenters. The first-order valence-corrected chi connectivity index (χ1v) is 6.03. The van der Waals surface area contributed by atoms with Gasteiger partial charge in [0.05, 0.1) is 7.11 Å². The van der Waals surface area contributed by atoms with Gasteiger partial charge in [0.25, 0.3) is 0 Å². The van der Waals surface area contributed by atoms with Crippen molar-refractivity contribution >= 4 is 5.97 Å². The van der Waals surface area contributed by atoms with Gasteiger partial charge in [0, 0.05) is 11.5 Å². The van der Waals surface area contributed by atoms with E-state index in [1.54, 1.807) is 0 Å². The molecule has 88 valence electrons. The predicted octanol–water partition coefficient (Wildman–Crippen LogP) is 2.95. The van der Waals surface area contributed by atoms with Crippen LogP contribution in [0.1, 0.15) is 27.2 Å². The molecule has 2 nitrogen and oxygen atoms in total. The summed E-state index contributed by atoms with van der Waals surface area (Å²) in [5.41, 5.74) is 2.29. The number of rotatable bonds is 2. The molecule has 2 heteroatoms. The van der Waals surface area contributed by atoms with Crippen LogP contribution in [0, 0.1) is 23.7 Å². The lowest BCUT2D eigenvalue weighted by Gasteiger charge is -2.41. The number of carbonyl (C=O) groups excluding carboxylic acids is 1. The monoisotopic (exact) mass is 220 g/mol. The lowest BCUT2D eigenvalue weighted by Crippen LogP contribution is -2.35. The molecule has 2 bridgehead atoms. The second kappa shape index (κ2) is 4.08. The number of methoxy groups -OCH3 is 1. The molecule has 3 atom stereocenters. The van der Waals surface area contributed by atoms with Crippen LogP contribution in [0.15, 0.2) is 23.3 Å². The third-order valence-electron chi connectivity index (χ3n) is 4.03. The fraction of sp³-hybridized carbons (Fsp3) is 0.643. The molecule has 0 fully saturated rings. The van der Waals surface area contributed by atoms with Crippen molar-refractivity contribution in [2.45, 2.75) is 27.2 Å². The number of fused-ring (bicyclic) bond motifs is 1. The van der Waals surface area contributed by atoms with Gasteiger partial charge >= 0.3 is 5.97 Å². The van der Waals surface area contributed by atoms with Crippen LogP contribution in [0.4, 0.5) is 0 Å². The quantitative estimate of drug-likeness (QED) is 0.528. The highest BCUT2D eigenvalue weighted by molar-refractivity contribution is 5.90. The number of allylic oxidation sites excluding steroid dienone is 3. The zero-order chi connectivity index (χ0) is 11.9. The molecule has 0 aliphatic heterocycles. The minimum atomic E-state index is -0.149. The molecule has 3 rings (SSSR count). The fourth-order valence-electron chi connectivity index (χ4n) is 3.01. The van der Waals surface area contributed by atoms with Gasteiger partial charge < -0.3 is 4.74 Å². The van der Waals surface area contributed by atoms with Crippen molar-refractivity contribution in [1.82, 2.24) is 0 Å². The van der Waals surface area contributed by atoms with Crippen molar-refractivity contribution in [3.63, 3.8) is 0 Å². The Morgan fingerprint density at radius 1 is 1.44 bits per heavy atom. The minimum absolute atomic E-state index is 0.149. The molecule has 0 aromatic rings. The van der Waals surface area contributed by atoms with Crippen molar-refractivity contribution in [3.05, 3.63) is 23.3 Å². The van der Waals surface area contributed by atoms with Crippen LogP contribution in [0.2, 0.25) is 0 Å². The van der Waals surface area contributed by atoms with E-state index in [0.717, 1.165) is 5.57 Å². The van der Waals surface area contributed by atoms with Crippen LogP contribution in [0.3, 0.4) is 0 Å². The standard InChI is InChI=1S/C14H20O2/c1-8(2)11-6-10-7-13(14(15)16-4)12(11)5-9(10)3/h5,7-8,10-12H,6H2,1-4H3/t10-,11?,12?/m0/s1. The first-order chi connectivity index (χ1) is 7.54. The number of esters is 1. The van der Waals surface area contributed by atoms with E-state index >= 15 is 0 Å². The van der Waals surface area contributed by atoms with Crippen LogP contribution in [0.5, 0.6) is 0 Å². The van der Waals surface area contributed by atoms with Gasteiger partial charge in [-0.2, -0.15) is 0 Å².